The molecule has 0 unspecified atom stereocenters. The highest BCUT2D eigenvalue weighted by Crippen LogP contribution is 2.35. The second kappa shape index (κ2) is 4.65. The third-order valence-corrected chi connectivity index (χ3v) is 3.23. The molecule has 1 aromatic carbocycles. The summed E-state index contributed by atoms with van der Waals surface area (Å²) >= 11 is 0. The Kier molecular flexibility index (Phi) is 3.40. The molecule has 108 valence electrons. The Balaban J connectivity index is 2.50. The van der Waals surface area contributed by atoms with Crippen molar-refractivity contribution < 1.29 is 13.2 Å². The molecule has 0 bridgehead atoms. The van der Waals surface area contributed by atoms with E-state index in [0.717, 1.165) is 29.0 Å². The highest BCUT2D eigenvalue weighted by Gasteiger charge is 2.30. The van der Waals surface area contributed by atoms with E-state index in [9.17, 15) is 13.2 Å². The maximum absolute atomic E-state index is 12.6. The number of hydrogen-bond donors (Lipinski definition) is 0. The molecular formula is C15H17F3N2. The smallest absolute Gasteiger partial charge is 0.268 e. The molecule has 0 N–H and O–H groups in total. The molecule has 0 atom stereocenters. The van der Waals surface area contributed by atoms with Crippen molar-refractivity contribution in [1.82, 2.24) is 9.78 Å². The number of alkyl halides is 3. The highest BCUT2D eigenvalue weighted by atomic mass is 19.4. The minimum Gasteiger partial charge on any atom is -0.268 e. The van der Waals surface area contributed by atoms with Crippen molar-refractivity contribution in [3.8, 4) is 11.3 Å². The van der Waals surface area contributed by atoms with Gasteiger partial charge in [-0.2, -0.15) is 18.3 Å². The minimum absolute atomic E-state index is 0.119. The fourth-order valence-corrected chi connectivity index (χ4v) is 2.15. The van der Waals surface area contributed by atoms with Crippen LogP contribution in [0.2, 0.25) is 0 Å². The fraction of sp³-hybridized carbons (Fsp3) is 0.400. The van der Waals surface area contributed by atoms with Crippen LogP contribution < -0.4 is 0 Å². The summed E-state index contributed by atoms with van der Waals surface area (Å²) < 4.78 is 39.5. The molecule has 20 heavy (non-hydrogen) atoms. The number of nitrogens with zero attached hydrogens (tertiary/aromatic N) is 2. The van der Waals surface area contributed by atoms with E-state index in [-0.39, 0.29) is 5.41 Å². The Morgan fingerprint density at radius 3 is 2.00 bits per heavy atom. The first-order chi connectivity index (χ1) is 9.10. The van der Waals surface area contributed by atoms with Gasteiger partial charge in [-0.25, -0.2) is 0 Å². The Morgan fingerprint density at radius 1 is 1.00 bits per heavy atom. The van der Waals surface area contributed by atoms with Gasteiger partial charge in [0.15, 0.2) is 0 Å². The molecule has 0 aliphatic carbocycles. The van der Waals surface area contributed by atoms with Gasteiger partial charge in [-0.05, 0) is 17.5 Å². The zero-order valence-corrected chi connectivity index (χ0v) is 11.9. The minimum atomic E-state index is -4.31. The van der Waals surface area contributed by atoms with Crippen LogP contribution in [0, 0.1) is 0 Å². The monoisotopic (exact) mass is 282 g/mol. The molecule has 0 spiro atoms. The topological polar surface area (TPSA) is 17.8 Å². The van der Waals surface area contributed by atoms with Crippen LogP contribution in [0.25, 0.3) is 11.3 Å². The van der Waals surface area contributed by atoms with E-state index >= 15 is 0 Å². The summed E-state index contributed by atoms with van der Waals surface area (Å²) in [6, 6.07) is 5.20. The van der Waals surface area contributed by atoms with Crippen molar-refractivity contribution in [2.45, 2.75) is 32.4 Å². The molecule has 0 amide bonds. The SMILES string of the molecule is Cn1ncc(C(C)(C)C)c1-c1ccc(C(F)(F)F)cc1. The van der Waals surface area contributed by atoms with Crippen LogP contribution in [0.15, 0.2) is 30.5 Å². The Bertz CT molecular complexity index is 602. The lowest BCUT2D eigenvalue weighted by atomic mass is 9.85. The van der Waals surface area contributed by atoms with E-state index in [1.165, 1.54) is 12.1 Å². The molecule has 0 radical (unpaired) electrons. The van der Waals surface area contributed by atoms with Crippen LogP contribution in [0.4, 0.5) is 13.2 Å². The van der Waals surface area contributed by atoms with Crippen molar-refractivity contribution in [3.63, 3.8) is 0 Å². The van der Waals surface area contributed by atoms with Gasteiger partial charge in [0, 0.05) is 18.2 Å². The summed E-state index contributed by atoms with van der Waals surface area (Å²) in [5.74, 6) is 0. The van der Waals surface area contributed by atoms with E-state index in [1.54, 1.807) is 17.9 Å². The first kappa shape index (κ1) is 14.6. The molecule has 2 rings (SSSR count). The van der Waals surface area contributed by atoms with Crippen LogP contribution in [-0.4, -0.2) is 9.78 Å². The zero-order valence-electron chi connectivity index (χ0n) is 11.9. The molecule has 1 aromatic heterocycles. The lowest BCUT2D eigenvalue weighted by molar-refractivity contribution is -0.137. The molecule has 0 saturated heterocycles. The maximum Gasteiger partial charge on any atom is 0.416 e. The van der Waals surface area contributed by atoms with E-state index in [2.05, 4.69) is 25.9 Å². The average molecular weight is 282 g/mol. The van der Waals surface area contributed by atoms with Crippen LogP contribution in [0.5, 0.6) is 0 Å². The summed E-state index contributed by atoms with van der Waals surface area (Å²) in [7, 11) is 1.79. The number of hydrogen-bond acceptors (Lipinski definition) is 1. The normalized spacial score (nSPS) is 12.8. The van der Waals surface area contributed by atoms with E-state index in [1.807, 2.05) is 0 Å². The second-order valence-corrected chi connectivity index (χ2v) is 5.86. The summed E-state index contributed by atoms with van der Waals surface area (Å²) in [4.78, 5) is 0. The van der Waals surface area contributed by atoms with Crippen LogP contribution in [0.1, 0.15) is 31.9 Å². The van der Waals surface area contributed by atoms with Gasteiger partial charge < -0.3 is 0 Å². The van der Waals surface area contributed by atoms with E-state index in [4.69, 9.17) is 0 Å². The van der Waals surface area contributed by atoms with Crippen molar-refractivity contribution in [2.75, 3.05) is 0 Å². The molecule has 0 saturated carbocycles. The van der Waals surface area contributed by atoms with E-state index in [0.29, 0.717) is 0 Å². The molecular weight excluding hydrogens is 265 g/mol. The molecule has 5 heteroatoms. The van der Waals surface area contributed by atoms with E-state index < -0.39 is 11.7 Å². The zero-order chi connectivity index (χ0) is 15.1. The molecule has 0 aliphatic heterocycles. The number of halogens is 3. The van der Waals surface area contributed by atoms with Crippen molar-refractivity contribution in [3.05, 3.63) is 41.6 Å². The van der Waals surface area contributed by atoms with Crippen molar-refractivity contribution >= 4 is 0 Å². The third kappa shape index (κ3) is 2.71. The standard InChI is InChI=1S/C15H17F3N2/c1-14(2,3)12-9-19-20(4)13(12)10-5-7-11(8-6-10)15(16,17)18/h5-9H,1-4H3. The molecule has 2 nitrogen and oxygen atoms in total. The Labute approximate surface area is 116 Å². The van der Waals surface area contributed by atoms with Gasteiger partial charge >= 0.3 is 6.18 Å². The number of aryl methyl sites for hydroxylation is 1. The highest BCUT2D eigenvalue weighted by molar-refractivity contribution is 5.65. The summed E-state index contributed by atoms with van der Waals surface area (Å²) in [5.41, 5.74) is 1.85. The number of aromatic nitrogens is 2. The summed E-state index contributed by atoms with van der Waals surface area (Å²) in [6.07, 6.45) is -2.54. The van der Waals surface area contributed by atoms with Gasteiger partial charge in [-0.15, -0.1) is 0 Å². The lowest BCUT2D eigenvalue weighted by Gasteiger charge is -2.19. The molecule has 1 heterocycles. The van der Waals surface area contributed by atoms with Crippen LogP contribution in [-0.2, 0) is 18.6 Å². The predicted octanol–water partition coefficient (Wildman–Crippen LogP) is 4.40. The maximum atomic E-state index is 12.6. The van der Waals surface area contributed by atoms with Crippen molar-refractivity contribution in [2.24, 2.45) is 7.05 Å². The van der Waals surface area contributed by atoms with Gasteiger partial charge in [0.1, 0.15) is 0 Å². The summed E-state index contributed by atoms with van der Waals surface area (Å²) in [6.45, 7) is 6.16. The Hall–Kier alpha value is -1.78. The first-order valence-electron chi connectivity index (χ1n) is 6.31. The van der Waals surface area contributed by atoms with Gasteiger partial charge in [0.05, 0.1) is 17.5 Å². The van der Waals surface area contributed by atoms with Crippen molar-refractivity contribution in [1.29, 1.82) is 0 Å². The van der Waals surface area contributed by atoms with Crippen LogP contribution in [0.3, 0.4) is 0 Å². The van der Waals surface area contributed by atoms with Gasteiger partial charge in [0.25, 0.3) is 0 Å². The largest absolute Gasteiger partial charge is 0.416 e. The van der Waals surface area contributed by atoms with Crippen LogP contribution >= 0.6 is 0 Å². The van der Waals surface area contributed by atoms with Gasteiger partial charge in [-0.3, -0.25) is 4.68 Å². The number of benzene rings is 1. The predicted molar refractivity (Wildman–Crippen MR) is 72.3 cm³/mol. The molecule has 0 aliphatic rings. The van der Waals surface area contributed by atoms with Gasteiger partial charge in [0.2, 0.25) is 0 Å². The fourth-order valence-electron chi connectivity index (χ4n) is 2.15. The lowest BCUT2D eigenvalue weighted by Crippen LogP contribution is -2.12. The first-order valence-corrected chi connectivity index (χ1v) is 6.31. The third-order valence-electron chi connectivity index (χ3n) is 3.23. The Morgan fingerprint density at radius 2 is 1.55 bits per heavy atom. The number of rotatable bonds is 1. The molecule has 0 fully saturated rings. The average Bonchev–Trinajstić information content (AvgIpc) is 2.70. The van der Waals surface area contributed by atoms with Gasteiger partial charge in [-0.1, -0.05) is 32.9 Å². The summed E-state index contributed by atoms with van der Waals surface area (Å²) in [5, 5.41) is 4.23. The second-order valence-electron chi connectivity index (χ2n) is 5.86. The quantitative estimate of drug-likeness (QED) is 0.758. The molecule has 2 aromatic rings.